The molecule has 3 unspecified atom stereocenters. The van der Waals surface area contributed by atoms with Gasteiger partial charge in [0.1, 0.15) is 0 Å². The molecule has 3 atom stereocenters. The Bertz CT molecular complexity index is 160. The van der Waals surface area contributed by atoms with E-state index in [4.69, 9.17) is 0 Å². The van der Waals surface area contributed by atoms with Gasteiger partial charge in [0.15, 0.2) is 0 Å². The number of rotatable bonds is 3. The van der Waals surface area contributed by atoms with Crippen LogP contribution in [0.3, 0.4) is 0 Å². The highest BCUT2D eigenvalue weighted by Crippen LogP contribution is 2.20. The fraction of sp³-hybridized carbons (Fsp3) is 1.00. The Morgan fingerprint density at radius 2 is 2.07 bits per heavy atom. The summed E-state index contributed by atoms with van der Waals surface area (Å²) in [6, 6.07) is 0.974. The first-order chi connectivity index (χ1) is 6.66. The van der Waals surface area contributed by atoms with Gasteiger partial charge in [-0.05, 0) is 39.7 Å². The molecule has 84 valence electrons. The zero-order valence-corrected chi connectivity index (χ0v) is 9.87. The summed E-state index contributed by atoms with van der Waals surface area (Å²) in [7, 11) is 0. The van der Waals surface area contributed by atoms with Crippen molar-refractivity contribution in [2.24, 2.45) is 0 Å². The molecule has 1 heterocycles. The zero-order valence-electron chi connectivity index (χ0n) is 9.87. The van der Waals surface area contributed by atoms with E-state index in [0.717, 1.165) is 6.42 Å². The van der Waals surface area contributed by atoms with Crippen LogP contribution in [0.4, 0.5) is 0 Å². The van der Waals surface area contributed by atoms with Crippen LogP contribution in [0.15, 0.2) is 0 Å². The summed E-state index contributed by atoms with van der Waals surface area (Å²) in [4.78, 5) is 2.49. The Balaban J connectivity index is 2.53. The first-order valence-corrected chi connectivity index (χ1v) is 6.10. The van der Waals surface area contributed by atoms with Gasteiger partial charge in [-0.2, -0.15) is 0 Å². The standard InChI is InChI=1S/C12H25NO/c1-4-12(14)11(3)13-9-7-5-6-8-10(13)2/h10-12,14H,4-9H2,1-3H3. The molecule has 1 N–H and O–H groups in total. The van der Waals surface area contributed by atoms with E-state index in [-0.39, 0.29) is 6.10 Å². The molecular formula is C12H25NO. The minimum atomic E-state index is -0.157. The highest BCUT2D eigenvalue weighted by atomic mass is 16.3. The maximum Gasteiger partial charge on any atom is 0.0690 e. The van der Waals surface area contributed by atoms with Crippen LogP contribution in [0.25, 0.3) is 0 Å². The van der Waals surface area contributed by atoms with Crippen molar-refractivity contribution in [1.82, 2.24) is 4.90 Å². The maximum atomic E-state index is 9.85. The third-order valence-electron chi connectivity index (χ3n) is 3.60. The van der Waals surface area contributed by atoms with Crippen molar-refractivity contribution < 1.29 is 5.11 Å². The summed E-state index contributed by atoms with van der Waals surface area (Å²) in [5.41, 5.74) is 0. The Morgan fingerprint density at radius 1 is 1.36 bits per heavy atom. The molecule has 1 aliphatic heterocycles. The average molecular weight is 199 g/mol. The summed E-state index contributed by atoms with van der Waals surface area (Å²) in [6.45, 7) is 7.68. The minimum Gasteiger partial charge on any atom is -0.392 e. The Hall–Kier alpha value is -0.0800. The summed E-state index contributed by atoms with van der Waals surface area (Å²) < 4.78 is 0. The second-order valence-corrected chi connectivity index (χ2v) is 4.65. The molecule has 1 aliphatic rings. The van der Waals surface area contributed by atoms with Crippen molar-refractivity contribution in [3.8, 4) is 0 Å². The molecule has 0 aromatic carbocycles. The van der Waals surface area contributed by atoms with Gasteiger partial charge in [-0.3, -0.25) is 4.90 Å². The molecule has 0 bridgehead atoms. The number of aliphatic hydroxyl groups is 1. The monoisotopic (exact) mass is 199 g/mol. The Labute approximate surface area is 88.3 Å². The SMILES string of the molecule is CCC(O)C(C)N1CCCCCC1C. The van der Waals surface area contributed by atoms with E-state index in [2.05, 4.69) is 25.7 Å². The molecule has 14 heavy (non-hydrogen) atoms. The smallest absolute Gasteiger partial charge is 0.0690 e. The molecule has 2 nitrogen and oxygen atoms in total. The third kappa shape index (κ3) is 2.96. The van der Waals surface area contributed by atoms with Crippen LogP contribution in [0.1, 0.15) is 52.9 Å². The quantitative estimate of drug-likeness (QED) is 0.754. The normalized spacial score (nSPS) is 29.6. The summed E-state index contributed by atoms with van der Waals surface area (Å²) >= 11 is 0. The van der Waals surface area contributed by atoms with Gasteiger partial charge in [-0.15, -0.1) is 0 Å². The van der Waals surface area contributed by atoms with E-state index < -0.39 is 0 Å². The number of hydrogen-bond donors (Lipinski definition) is 1. The fourth-order valence-corrected chi connectivity index (χ4v) is 2.46. The van der Waals surface area contributed by atoms with E-state index in [0.29, 0.717) is 12.1 Å². The van der Waals surface area contributed by atoms with Crippen molar-refractivity contribution in [3.05, 3.63) is 0 Å². The molecule has 0 aliphatic carbocycles. The fourth-order valence-electron chi connectivity index (χ4n) is 2.46. The molecule has 0 saturated carbocycles. The lowest BCUT2D eigenvalue weighted by molar-refractivity contribution is 0.0366. The Kier molecular flexibility index (Phi) is 4.90. The van der Waals surface area contributed by atoms with Crippen LogP contribution in [0.2, 0.25) is 0 Å². The molecule has 2 heteroatoms. The number of nitrogens with zero attached hydrogens (tertiary/aromatic N) is 1. The highest BCUT2D eigenvalue weighted by molar-refractivity contribution is 4.80. The van der Waals surface area contributed by atoms with E-state index in [1.165, 1.54) is 32.2 Å². The zero-order chi connectivity index (χ0) is 10.6. The van der Waals surface area contributed by atoms with Gasteiger partial charge in [0, 0.05) is 12.1 Å². The van der Waals surface area contributed by atoms with Crippen molar-refractivity contribution in [3.63, 3.8) is 0 Å². The molecule has 1 fully saturated rings. The largest absolute Gasteiger partial charge is 0.392 e. The molecule has 1 saturated heterocycles. The topological polar surface area (TPSA) is 23.5 Å². The predicted octanol–water partition coefficient (Wildman–Crippen LogP) is 2.41. The molecule has 1 rings (SSSR count). The maximum absolute atomic E-state index is 9.85. The summed E-state index contributed by atoms with van der Waals surface area (Å²) in [6.07, 6.45) is 6.01. The summed E-state index contributed by atoms with van der Waals surface area (Å²) in [5, 5.41) is 9.85. The number of aliphatic hydroxyl groups excluding tert-OH is 1. The Morgan fingerprint density at radius 3 is 2.71 bits per heavy atom. The van der Waals surface area contributed by atoms with Crippen LogP contribution in [-0.4, -0.2) is 34.7 Å². The van der Waals surface area contributed by atoms with Gasteiger partial charge in [0.05, 0.1) is 6.10 Å². The van der Waals surface area contributed by atoms with E-state index in [9.17, 15) is 5.11 Å². The van der Waals surface area contributed by atoms with Crippen LogP contribution < -0.4 is 0 Å². The molecule has 0 aromatic heterocycles. The minimum absolute atomic E-state index is 0.157. The second-order valence-electron chi connectivity index (χ2n) is 4.65. The second kappa shape index (κ2) is 5.72. The van der Waals surface area contributed by atoms with Crippen molar-refractivity contribution in [1.29, 1.82) is 0 Å². The highest BCUT2D eigenvalue weighted by Gasteiger charge is 2.25. The van der Waals surface area contributed by atoms with Gasteiger partial charge < -0.3 is 5.11 Å². The van der Waals surface area contributed by atoms with Crippen LogP contribution >= 0.6 is 0 Å². The van der Waals surface area contributed by atoms with Gasteiger partial charge in [0.25, 0.3) is 0 Å². The number of likely N-dealkylation sites (tertiary alicyclic amines) is 1. The van der Waals surface area contributed by atoms with Gasteiger partial charge in [-0.25, -0.2) is 0 Å². The van der Waals surface area contributed by atoms with Crippen molar-refractivity contribution >= 4 is 0 Å². The first kappa shape index (κ1) is 12.0. The third-order valence-corrected chi connectivity index (χ3v) is 3.60. The van der Waals surface area contributed by atoms with Crippen LogP contribution in [0.5, 0.6) is 0 Å². The van der Waals surface area contributed by atoms with E-state index in [1.807, 2.05) is 0 Å². The lowest BCUT2D eigenvalue weighted by atomic mass is 10.1. The van der Waals surface area contributed by atoms with Crippen molar-refractivity contribution in [2.45, 2.75) is 71.1 Å². The van der Waals surface area contributed by atoms with Gasteiger partial charge in [-0.1, -0.05) is 19.8 Å². The van der Waals surface area contributed by atoms with Crippen LogP contribution in [-0.2, 0) is 0 Å². The molecular weight excluding hydrogens is 174 g/mol. The van der Waals surface area contributed by atoms with Crippen LogP contribution in [0, 0.1) is 0 Å². The van der Waals surface area contributed by atoms with E-state index in [1.54, 1.807) is 0 Å². The van der Waals surface area contributed by atoms with Gasteiger partial charge in [0.2, 0.25) is 0 Å². The average Bonchev–Trinajstić information content (AvgIpc) is 2.40. The lowest BCUT2D eigenvalue weighted by Gasteiger charge is -2.35. The molecule has 0 spiro atoms. The lowest BCUT2D eigenvalue weighted by Crippen LogP contribution is -2.46. The molecule has 0 amide bonds. The number of hydrogen-bond acceptors (Lipinski definition) is 2. The first-order valence-electron chi connectivity index (χ1n) is 6.10. The van der Waals surface area contributed by atoms with Gasteiger partial charge >= 0.3 is 0 Å². The predicted molar refractivity (Wildman–Crippen MR) is 60.4 cm³/mol. The summed E-state index contributed by atoms with van der Waals surface area (Å²) in [5.74, 6) is 0. The van der Waals surface area contributed by atoms with E-state index >= 15 is 0 Å². The molecule has 0 radical (unpaired) electrons. The van der Waals surface area contributed by atoms with Crippen molar-refractivity contribution in [2.75, 3.05) is 6.54 Å². The molecule has 0 aromatic rings.